The predicted octanol–water partition coefficient (Wildman–Crippen LogP) is 0.604. The molecule has 1 amide bonds. The maximum atomic E-state index is 11.6. The van der Waals surface area contributed by atoms with Gasteiger partial charge in [0.05, 0.1) is 12.5 Å². The Morgan fingerprint density at radius 2 is 2.26 bits per heavy atom. The van der Waals surface area contributed by atoms with Crippen LogP contribution in [0, 0.1) is 5.92 Å². The van der Waals surface area contributed by atoms with Crippen LogP contribution in [-0.4, -0.2) is 35.2 Å². The average molecular weight is 264 g/mol. The maximum Gasteiger partial charge on any atom is 0.237 e. The van der Waals surface area contributed by atoms with Gasteiger partial charge in [-0.2, -0.15) is 4.98 Å². The fourth-order valence-corrected chi connectivity index (χ4v) is 2.95. The fourth-order valence-electron chi connectivity index (χ4n) is 2.95. The molecule has 0 bridgehead atoms. The normalized spacial score (nSPS) is 31.4. The summed E-state index contributed by atoms with van der Waals surface area (Å²) in [4.78, 5) is 16.1. The molecule has 3 unspecified atom stereocenters. The maximum absolute atomic E-state index is 11.6. The van der Waals surface area contributed by atoms with E-state index >= 15 is 0 Å². The first-order valence-corrected chi connectivity index (χ1v) is 7.06. The number of carbonyl (C=O) groups is 1. The van der Waals surface area contributed by atoms with Crippen molar-refractivity contribution >= 4 is 5.91 Å². The van der Waals surface area contributed by atoms with Crippen LogP contribution in [-0.2, 0) is 11.2 Å². The molecular weight excluding hydrogens is 244 g/mol. The Morgan fingerprint density at radius 3 is 3.00 bits per heavy atom. The second kappa shape index (κ2) is 5.28. The van der Waals surface area contributed by atoms with Crippen molar-refractivity contribution in [3.8, 4) is 0 Å². The molecule has 1 aliphatic carbocycles. The van der Waals surface area contributed by atoms with Gasteiger partial charge in [-0.15, -0.1) is 0 Å². The molecule has 104 valence electrons. The van der Waals surface area contributed by atoms with Gasteiger partial charge in [0, 0.05) is 19.0 Å². The lowest BCUT2D eigenvalue weighted by atomic mass is 10.1. The largest absolute Gasteiger partial charge is 0.353 e. The van der Waals surface area contributed by atoms with Gasteiger partial charge >= 0.3 is 0 Å². The lowest BCUT2D eigenvalue weighted by molar-refractivity contribution is -0.124. The van der Waals surface area contributed by atoms with Crippen LogP contribution in [0.4, 0.5) is 0 Å². The molecule has 0 aromatic carbocycles. The Labute approximate surface area is 112 Å². The van der Waals surface area contributed by atoms with Crippen LogP contribution in [0.25, 0.3) is 0 Å². The number of hydrogen-bond acceptors (Lipinski definition) is 5. The summed E-state index contributed by atoms with van der Waals surface area (Å²) in [7, 11) is 0. The van der Waals surface area contributed by atoms with Crippen LogP contribution < -0.4 is 10.6 Å². The fraction of sp³-hybridized carbons (Fsp3) is 0.769. The molecule has 3 rings (SSSR count). The van der Waals surface area contributed by atoms with Crippen LogP contribution in [0.15, 0.2) is 4.52 Å². The van der Waals surface area contributed by atoms with Crippen molar-refractivity contribution in [2.75, 3.05) is 13.1 Å². The van der Waals surface area contributed by atoms with Crippen molar-refractivity contribution in [3.05, 3.63) is 11.7 Å². The molecule has 2 N–H and O–H groups in total. The van der Waals surface area contributed by atoms with Gasteiger partial charge in [-0.3, -0.25) is 4.79 Å². The van der Waals surface area contributed by atoms with E-state index in [1.807, 2.05) is 0 Å². The van der Waals surface area contributed by atoms with Crippen LogP contribution in [0.5, 0.6) is 0 Å². The summed E-state index contributed by atoms with van der Waals surface area (Å²) in [6, 6.07) is -0.246. The summed E-state index contributed by atoms with van der Waals surface area (Å²) in [6.45, 7) is 3.74. The van der Waals surface area contributed by atoms with Gasteiger partial charge in [-0.1, -0.05) is 12.1 Å². The highest BCUT2D eigenvalue weighted by molar-refractivity contribution is 5.82. The van der Waals surface area contributed by atoms with E-state index in [4.69, 9.17) is 4.52 Å². The number of nitrogens with zero attached hydrogens (tertiary/aromatic N) is 2. The van der Waals surface area contributed by atoms with Crippen LogP contribution in [0.2, 0.25) is 0 Å². The summed E-state index contributed by atoms with van der Waals surface area (Å²) in [6.07, 6.45) is 3.99. The van der Waals surface area contributed by atoms with E-state index in [0.717, 1.165) is 31.1 Å². The van der Waals surface area contributed by atoms with E-state index in [0.29, 0.717) is 24.8 Å². The van der Waals surface area contributed by atoms with Crippen molar-refractivity contribution < 1.29 is 9.32 Å². The summed E-state index contributed by atoms with van der Waals surface area (Å²) in [5.74, 6) is 2.57. The van der Waals surface area contributed by atoms with Crippen LogP contribution in [0.1, 0.15) is 43.8 Å². The summed E-state index contributed by atoms with van der Waals surface area (Å²) in [5, 5.41) is 10.1. The number of carbonyl (C=O) groups excluding carboxylic acids is 1. The first kappa shape index (κ1) is 12.6. The minimum atomic E-state index is -0.246. The van der Waals surface area contributed by atoms with Crippen molar-refractivity contribution in [1.82, 2.24) is 20.8 Å². The molecule has 2 heterocycles. The molecule has 1 aromatic heterocycles. The van der Waals surface area contributed by atoms with Crippen LogP contribution >= 0.6 is 0 Å². The molecule has 2 fully saturated rings. The number of rotatable bonds is 3. The molecule has 1 saturated heterocycles. The highest BCUT2D eigenvalue weighted by Gasteiger charge is 2.28. The van der Waals surface area contributed by atoms with E-state index < -0.39 is 0 Å². The minimum absolute atomic E-state index is 0.0143. The molecule has 1 aromatic rings. The second-order valence-electron chi connectivity index (χ2n) is 5.66. The average Bonchev–Trinajstić information content (AvgIpc) is 3.01. The SMILES string of the molecule is CC1CCC(c2noc(CC3NCCNC3=O)n2)C1. The lowest BCUT2D eigenvalue weighted by Crippen LogP contribution is -2.53. The summed E-state index contributed by atoms with van der Waals surface area (Å²) < 4.78 is 5.28. The number of piperazine rings is 1. The van der Waals surface area contributed by atoms with E-state index in [1.54, 1.807) is 0 Å². The molecule has 19 heavy (non-hydrogen) atoms. The zero-order valence-corrected chi connectivity index (χ0v) is 11.2. The smallest absolute Gasteiger partial charge is 0.237 e. The number of hydrogen-bond donors (Lipinski definition) is 2. The molecule has 6 heteroatoms. The zero-order valence-electron chi connectivity index (χ0n) is 11.2. The number of amides is 1. The Morgan fingerprint density at radius 1 is 1.37 bits per heavy atom. The Balaban J connectivity index is 1.63. The molecule has 0 spiro atoms. The van der Waals surface area contributed by atoms with Crippen molar-refractivity contribution in [2.45, 2.75) is 44.6 Å². The zero-order chi connectivity index (χ0) is 13.2. The number of nitrogens with one attached hydrogen (secondary N) is 2. The monoisotopic (exact) mass is 264 g/mol. The standard InChI is InChI=1S/C13H20N4O2/c1-8-2-3-9(6-8)12-16-11(19-17-12)7-10-13(18)15-5-4-14-10/h8-10,14H,2-7H2,1H3,(H,15,18). The molecular formula is C13H20N4O2. The van der Waals surface area contributed by atoms with Gasteiger partial charge < -0.3 is 15.2 Å². The van der Waals surface area contributed by atoms with Gasteiger partial charge in [0.2, 0.25) is 11.8 Å². The molecule has 1 aliphatic heterocycles. The molecule has 0 radical (unpaired) electrons. The Kier molecular flexibility index (Phi) is 3.50. The quantitative estimate of drug-likeness (QED) is 0.836. The van der Waals surface area contributed by atoms with Gasteiger partial charge in [-0.25, -0.2) is 0 Å². The third-order valence-corrected chi connectivity index (χ3v) is 4.05. The first-order chi connectivity index (χ1) is 9.22. The Hall–Kier alpha value is -1.43. The molecule has 1 saturated carbocycles. The predicted molar refractivity (Wildman–Crippen MR) is 68.6 cm³/mol. The van der Waals surface area contributed by atoms with E-state index in [2.05, 4.69) is 27.7 Å². The third kappa shape index (κ3) is 2.78. The van der Waals surface area contributed by atoms with Crippen molar-refractivity contribution in [1.29, 1.82) is 0 Å². The number of aromatic nitrogens is 2. The summed E-state index contributed by atoms with van der Waals surface area (Å²) >= 11 is 0. The molecule has 2 aliphatic rings. The van der Waals surface area contributed by atoms with E-state index in [9.17, 15) is 4.79 Å². The van der Waals surface area contributed by atoms with Crippen molar-refractivity contribution in [2.24, 2.45) is 5.92 Å². The topological polar surface area (TPSA) is 80.0 Å². The highest BCUT2D eigenvalue weighted by Crippen LogP contribution is 2.36. The van der Waals surface area contributed by atoms with Gasteiger partial charge in [0.1, 0.15) is 0 Å². The van der Waals surface area contributed by atoms with Crippen LogP contribution in [0.3, 0.4) is 0 Å². The Bertz CT molecular complexity index is 459. The summed E-state index contributed by atoms with van der Waals surface area (Å²) in [5.41, 5.74) is 0. The minimum Gasteiger partial charge on any atom is -0.353 e. The van der Waals surface area contributed by atoms with Gasteiger partial charge in [0.25, 0.3) is 0 Å². The van der Waals surface area contributed by atoms with E-state index in [-0.39, 0.29) is 11.9 Å². The second-order valence-corrected chi connectivity index (χ2v) is 5.66. The van der Waals surface area contributed by atoms with Gasteiger partial charge in [0.15, 0.2) is 5.82 Å². The third-order valence-electron chi connectivity index (χ3n) is 4.05. The molecule has 6 nitrogen and oxygen atoms in total. The highest BCUT2D eigenvalue weighted by atomic mass is 16.5. The van der Waals surface area contributed by atoms with Gasteiger partial charge in [-0.05, 0) is 25.2 Å². The first-order valence-electron chi connectivity index (χ1n) is 7.06. The molecule has 3 atom stereocenters. The lowest BCUT2D eigenvalue weighted by Gasteiger charge is -2.21. The van der Waals surface area contributed by atoms with E-state index in [1.165, 1.54) is 6.42 Å². The van der Waals surface area contributed by atoms with Crippen molar-refractivity contribution in [3.63, 3.8) is 0 Å².